The van der Waals surface area contributed by atoms with Gasteiger partial charge in [-0.1, -0.05) is 11.8 Å². The topological polar surface area (TPSA) is 12.5 Å². The lowest BCUT2D eigenvalue weighted by Gasteiger charge is -2.10. The minimum atomic E-state index is -0.646. The predicted molar refractivity (Wildman–Crippen MR) is 48.8 cm³/mol. The summed E-state index contributed by atoms with van der Waals surface area (Å²) in [5.41, 5.74) is 0. The molecule has 1 aliphatic heterocycles. The fourth-order valence-corrected chi connectivity index (χ4v) is 2.17. The zero-order valence-corrected chi connectivity index (χ0v) is 7.61. The van der Waals surface area contributed by atoms with Gasteiger partial charge in [0.15, 0.2) is 6.10 Å². The summed E-state index contributed by atoms with van der Waals surface area (Å²) in [4.78, 5) is 0. The molecule has 0 radical (unpaired) electrons. The number of hydrogen-bond acceptors (Lipinski definition) is 2. The predicted octanol–water partition coefficient (Wildman–Crippen LogP) is -0.138. The number of hydrogen-bond donors (Lipinski definition) is 0. The van der Waals surface area contributed by atoms with E-state index in [-0.39, 0.29) is 12.1 Å². The van der Waals surface area contributed by atoms with Gasteiger partial charge in [-0.25, -0.2) is 4.31 Å². The molecule has 1 saturated heterocycles. The van der Waals surface area contributed by atoms with Gasteiger partial charge in [0.25, 0.3) is 0 Å². The Morgan fingerprint density at radius 3 is 2.55 bits per heavy atom. The monoisotopic (exact) mass is 185 g/mol. The fraction of sp³-hybridized carbons (Fsp3) is 0.429. The van der Waals surface area contributed by atoms with Crippen LogP contribution in [0.4, 0.5) is 0 Å². The lowest BCUT2D eigenvalue weighted by molar-refractivity contribution is 0.301. The molecule has 3 atom stereocenters. The normalized spacial score (nSPS) is 37.9. The molecule has 1 fully saturated rings. The maximum Gasteiger partial charge on any atom is 0.161 e. The zero-order chi connectivity index (χ0) is 8.43. The fourth-order valence-electron chi connectivity index (χ4n) is 0.804. The maximum absolute atomic E-state index is 5.24. The van der Waals surface area contributed by atoms with E-state index in [0.717, 1.165) is 0 Å². The highest BCUT2D eigenvalue weighted by Crippen LogP contribution is 2.18. The van der Waals surface area contributed by atoms with E-state index in [1.807, 2.05) is 7.05 Å². The van der Waals surface area contributed by atoms with Crippen LogP contribution in [0.2, 0.25) is 0 Å². The standard InChI is InChI=1S/C7H7NOS2/c1-4-6-7(5-2)9-11(10)8(6)3/h1-2,6-7H,3H3. The van der Waals surface area contributed by atoms with Crippen LogP contribution in [0.5, 0.6) is 0 Å². The Labute approximate surface area is 73.8 Å². The summed E-state index contributed by atoms with van der Waals surface area (Å²) in [6, 6.07) is -0.166. The summed E-state index contributed by atoms with van der Waals surface area (Å²) in [5.74, 6) is 5.00. The van der Waals surface area contributed by atoms with Crippen LogP contribution in [-0.2, 0) is 25.3 Å². The number of terminal acetylenes is 2. The van der Waals surface area contributed by atoms with Gasteiger partial charge in [0.1, 0.15) is 6.04 Å². The van der Waals surface area contributed by atoms with Gasteiger partial charge in [-0.05, 0) is 11.2 Å². The van der Waals surface area contributed by atoms with Crippen molar-refractivity contribution in [2.45, 2.75) is 12.1 Å². The molecule has 11 heavy (non-hydrogen) atoms. The molecule has 1 aliphatic rings. The molecule has 0 aromatic rings. The Hall–Kier alpha value is -0.390. The summed E-state index contributed by atoms with van der Waals surface area (Å²) < 4.78 is 7.01. The Kier molecular flexibility index (Phi) is 2.64. The van der Waals surface area contributed by atoms with Crippen LogP contribution in [0.25, 0.3) is 0 Å². The first-order valence-corrected chi connectivity index (χ1v) is 4.98. The van der Waals surface area contributed by atoms with Gasteiger partial charge >= 0.3 is 0 Å². The molecular weight excluding hydrogens is 178 g/mol. The summed E-state index contributed by atoms with van der Waals surface area (Å²) in [6.45, 7) is 0. The Morgan fingerprint density at radius 2 is 2.18 bits per heavy atom. The molecule has 0 bridgehead atoms. The molecule has 2 nitrogen and oxygen atoms in total. The molecule has 0 amide bonds. The third kappa shape index (κ3) is 1.45. The number of nitrogens with zero attached hydrogens (tertiary/aromatic N) is 1. The highest BCUT2D eigenvalue weighted by molar-refractivity contribution is 8.25. The summed E-state index contributed by atoms with van der Waals surface area (Å²) in [6.07, 6.45) is 10.1. The van der Waals surface area contributed by atoms with E-state index in [2.05, 4.69) is 11.8 Å². The highest BCUT2D eigenvalue weighted by Gasteiger charge is 2.33. The second-order valence-electron chi connectivity index (χ2n) is 2.06. The minimum absolute atomic E-state index is 0.166. The summed E-state index contributed by atoms with van der Waals surface area (Å²) in [5, 5.41) is 0. The smallest absolute Gasteiger partial charge is 0.161 e. The van der Waals surface area contributed by atoms with E-state index in [1.54, 1.807) is 4.31 Å². The first kappa shape index (κ1) is 8.70. The van der Waals surface area contributed by atoms with Crippen molar-refractivity contribution >= 4 is 21.1 Å². The van der Waals surface area contributed by atoms with Crippen LogP contribution in [0.3, 0.4) is 0 Å². The van der Waals surface area contributed by atoms with Crippen LogP contribution in [0.15, 0.2) is 0 Å². The first-order chi connectivity index (χ1) is 5.20. The molecule has 0 spiro atoms. The van der Waals surface area contributed by atoms with Gasteiger partial charge in [-0.3, -0.25) is 4.18 Å². The van der Waals surface area contributed by atoms with Crippen molar-refractivity contribution in [2.24, 2.45) is 0 Å². The van der Waals surface area contributed by atoms with Crippen molar-refractivity contribution in [3.8, 4) is 24.7 Å². The molecule has 0 aromatic heterocycles. The molecule has 0 aromatic carbocycles. The van der Waals surface area contributed by atoms with E-state index in [9.17, 15) is 0 Å². The molecular formula is C7H7NOS2. The van der Waals surface area contributed by atoms with Crippen LogP contribution >= 0.6 is 0 Å². The van der Waals surface area contributed by atoms with Gasteiger partial charge in [0.05, 0.1) is 9.92 Å². The van der Waals surface area contributed by atoms with Crippen LogP contribution in [-0.4, -0.2) is 23.5 Å². The van der Waals surface area contributed by atoms with Crippen LogP contribution < -0.4 is 0 Å². The van der Waals surface area contributed by atoms with E-state index in [0.29, 0.717) is 0 Å². The Morgan fingerprint density at radius 1 is 1.55 bits per heavy atom. The third-order valence-corrected chi connectivity index (χ3v) is 3.45. The van der Waals surface area contributed by atoms with Gasteiger partial charge in [0.2, 0.25) is 0 Å². The number of likely N-dealkylation sites (N-methyl/N-ethyl adjacent to an activating group) is 1. The van der Waals surface area contributed by atoms with Crippen molar-refractivity contribution in [1.82, 2.24) is 4.31 Å². The van der Waals surface area contributed by atoms with Crippen LogP contribution in [0, 0.1) is 24.7 Å². The SMILES string of the molecule is C#CC1OS(=S)N(C)C1C#C. The minimum Gasteiger partial charge on any atom is -0.280 e. The maximum atomic E-state index is 5.24. The van der Waals surface area contributed by atoms with E-state index in [4.69, 9.17) is 28.2 Å². The Bertz CT molecular complexity index is 263. The molecule has 0 aliphatic carbocycles. The van der Waals surface area contributed by atoms with Gasteiger partial charge in [-0.2, -0.15) is 0 Å². The average Bonchev–Trinajstić information content (AvgIpc) is 2.28. The Balaban J connectivity index is 2.85. The molecule has 58 valence electrons. The largest absolute Gasteiger partial charge is 0.280 e. The van der Waals surface area contributed by atoms with Gasteiger partial charge < -0.3 is 0 Å². The van der Waals surface area contributed by atoms with Crippen molar-refractivity contribution in [2.75, 3.05) is 7.05 Å². The van der Waals surface area contributed by atoms with E-state index >= 15 is 0 Å². The molecule has 1 rings (SSSR count). The quantitative estimate of drug-likeness (QED) is 0.488. The molecule has 1 heterocycles. The van der Waals surface area contributed by atoms with Crippen molar-refractivity contribution in [3.63, 3.8) is 0 Å². The summed E-state index contributed by atoms with van der Waals surface area (Å²) in [7, 11) is 1.17. The number of rotatable bonds is 0. The van der Waals surface area contributed by atoms with Crippen molar-refractivity contribution < 1.29 is 4.18 Å². The van der Waals surface area contributed by atoms with Gasteiger partial charge in [-0.15, -0.1) is 12.8 Å². The first-order valence-electron chi connectivity index (χ1n) is 2.95. The summed E-state index contributed by atoms with van der Waals surface area (Å²) >= 11 is 4.95. The molecule has 0 N–H and O–H groups in total. The molecule has 3 unspecified atom stereocenters. The van der Waals surface area contributed by atoms with Gasteiger partial charge in [0, 0.05) is 7.05 Å². The van der Waals surface area contributed by atoms with E-state index < -0.39 is 9.92 Å². The second-order valence-corrected chi connectivity index (χ2v) is 4.12. The third-order valence-electron chi connectivity index (χ3n) is 1.43. The van der Waals surface area contributed by atoms with Crippen molar-refractivity contribution in [1.29, 1.82) is 0 Å². The van der Waals surface area contributed by atoms with Crippen molar-refractivity contribution in [3.05, 3.63) is 0 Å². The zero-order valence-electron chi connectivity index (χ0n) is 5.98. The molecule has 4 heteroatoms. The van der Waals surface area contributed by atoms with Crippen LogP contribution in [0.1, 0.15) is 0 Å². The van der Waals surface area contributed by atoms with E-state index in [1.165, 1.54) is 0 Å². The lowest BCUT2D eigenvalue weighted by atomic mass is 10.2. The second kappa shape index (κ2) is 3.34. The molecule has 0 saturated carbocycles. The highest BCUT2D eigenvalue weighted by atomic mass is 32.8. The average molecular weight is 185 g/mol. The lowest BCUT2D eigenvalue weighted by Crippen LogP contribution is -2.29.